The summed E-state index contributed by atoms with van der Waals surface area (Å²) in [5.74, 6) is 1.73. The summed E-state index contributed by atoms with van der Waals surface area (Å²) in [4.78, 5) is 19.6. The van der Waals surface area contributed by atoms with Gasteiger partial charge in [0, 0.05) is 30.9 Å². The van der Waals surface area contributed by atoms with Crippen LogP contribution in [0.2, 0.25) is 0 Å². The van der Waals surface area contributed by atoms with Crippen LogP contribution in [-0.4, -0.2) is 22.8 Å². The van der Waals surface area contributed by atoms with E-state index >= 15 is 0 Å². The topological polar surface area (TPSA) is 46.3 Å². The monoisotopic (exact) mass is 408 g/mol. The first-order chi connectivity index (χ1) is 13.7. The Hall–Kier alpha value is -2.53. The molecule has 0 N–H and O–H groups in total. The Morgan fingerprint density at radius 3 is 2.66 bits per heavy atom. The molecule has 2 heterocycles. The van der Waals surface area contributed by atoms with Crippen molar-refractivity contribution in [1.82, 2.24) is 9.88 Å². The van der Waals surface area contributed by atoms with E-state index in [0.29, 0.717) is 18.1 Å². The molecular formula is C24H28N2O2S. The minimum Gasteiger partial charge on any atom is -0.455 e. The maximum absolute atomic E-state index is 12.7. The van der Waals surface area contributed by atoms with Crippen molar-refractivity contribution in [2.75, 3.05) is 7.05 Å². The fourth-order valence-corrected chi connectivity index (χ4v) is 3.93. The summed E-state index contributed by atoms with van der Waals surface area (Å²) in [6.45, 7) is 9.28. The van der Waals surface area contributed by atoms with Crippen molar-refractivity contribution < 1.29 is 9.21 Å². The Bertz CT molecular complexity index is 974. The molecule has 3 aromatic rings. The molecule has 1 amide bonds. The molecule has 152 valence electrons. The predicted octanol–water partition coefficient (Wildman–Crippen LogP) is 5.85. The van der Waals surface area contributed by atoms with Gasteiger partial charge < -0.3 is 9.32 Å². The first kappa shape index (κ1) is 21.2. The van der Waals surface area contributed by atoms with Crippen LogP contribution in [0.4, 0.5) is 0 Å². The van der Waals surface area contributed by atoms with Crippen molar-refractivity contribution in [1.29, 1.82) is 0 Å². The Kier molecular flexibility index (Phi) is 6.48. The Labute approximate surface area is 177 Å². The number of rotatable bonds is 6. The van der Waals surface area contributed by atoms with Crippen LogP contribution < -0.4 is 0 Å². The molecule has 0 aliphatic carbocycles. The number of aromatic nitrogens is 1. The SMILES string of the molecule is Cc1ccc(C(C)(C)C)cc1SCc1ccc(C(=O)N(C)Cc2cccnc2)o1. The molecule has 2 aromatic heterocycles. The molecule has 0 aliphatic rings. The lowest BCUT2D eigenvalue weighted by Crippen LogP contribution is -2.25. The third kappa shape index (κ3) is 5.51. The number of hydrogen-bond acceptors (Lipinski definition) is 4. The number of nitrogens with zero attached hydrogens (tertiary/aromatic N) is 2. The fraction of sp³-hybridized carbons (Fsp3) is 0.333. The van der Waals surface area contributed by atoms with E-state index in [-0.39, 0.29) is 11.3 Å². The number of amides is 1. The molecule has 0 spiro atoms. The van der Waals surface area contributed by atoms with E-state index in [1.54, 1.807) is 42.2 Å². The minimum atomic E-state index is -0.129. The van der Waals surface area contributed by atoms with Crippen LogP contribution in [0.3, 0.4) is 0 Å². The largest absolute Gasteiger partial charge is 0.455 e. The molecule has 29 heavy (non-hydrogen) atoms. The van der Waals surface area contributed by atoms with Crippen molar-refractivity contribution in [3.05, 3.63) is 83.1 Å². The first-order valence-corrected chi connectivity index (χ1v) is 10.7. The number of carbonyl (C=O) groups excluding carboxylic acids is 1. The van der Waals surface area contributed by atoms with Crippen LogP contribution in [0.1, 0.15) is 53.8 Å². The zero-order valence-corrected chi connectivity index (χ0v) is 18.5. The highest BCUT2D eigenvalue weighted by atomic mass is 32.2. The van der Waals surface area contributed by atoms with Gasteiger partial charge >= 0.3 is 0 Å². The van der Waals surface area contributed by atoms with Gasteiger partial charge in [-0.25, -0.2) is 0 Å². The molecule has 0 saturated heterocycles. The molecular weight excluding hydrogens is 380 g/mol. The normalized spacial score (nSPS) is 11.5. The summed E-state index contributed by atoms with van der Waals surface area (Å²) in [5, 5.41) is 0. The maximum atomic E-state index is 12.7. The van der Waals surface area contributed by atoms with Crippen LogP contribution in [0.15, 0.2) is 64.2 Å². The van der Waals surface area contributed by atoms with Gasteiger partial charge in [-0.05, 0) is 53.3 Å². The van der Waals surface area contributed by atoms with Crippen molar-refractivity contribution in [3.8, 4) is 0 Å². The highest BCUT2D eigenvalue weighted by Crippen LogP contribution is 2.31. The van der Waals surface area contributed by atoms with Gasteiger partial charge in [0.05, 0.1) is 5.75 Å². The van der Waals surface area contributed by atoms with Gasteiger partial charge in [0.25, 0.3) is 5.91 Å². The second kappa shape index (κ2) is 8.87. The summed E-state index contributed by atoms with van der Waals surface area (Å²) in [6, 6.07) is 14.1. The van der Waals surface area contributed by atoms with E-state index in [9.17, 15) is 4.79 Å². The molecule has 4 nitrogen and oxygen atoms in total. The van der Waals surface area contributed by atoms with Crippen molar-refractivity contribution in [3.63, 3.8) is 0 Å². The van der Waals surface area contributed by atoms with Crippen LogP contribution in [0.5, 0.6) is 0 Å². The minimum absolute atomic E-state index is 0.117. The summed E-state index contributed by atoms with van der Waals surface area (Å²) in [7, 11) is 1.77. The molecule has 1 aromatic carbocycles. The van der Waals surface area contributed by atoms with E-state index in [4.69, 9.17) is 4.42 Å². The molecule has 0 radical (unpaired) electrons. The van der Waals surface area contributed by atoms with Gasteiger partial charge in [0.1, 0.15) is 5.76 Å². The van der Waals surface area contributed by atoms with E-state index in [1.807, 2.05) is 18.2 Å². The van der Waals surface area contributed by atoms with Crippen LogP contribution in [-0.2, 0) is 17.7 Å². The highest BCUT2D eigenvalue weighted by molar-refractivity contribution is 7.98. The molecule has 0 unspecified atom stereocenters. The molecule has 3 rings (SSSR count). The van der Waals surface area contributed by atoms with E-state index in [1.165, 1.54) is 16.0 Å². The van der Waals surface area contributed by atoms with Crippen LogP contribution in [0, 0.1) is 6.92 Å². The maximum Gasteiger partial charge on any atom is 0.289 e. The van der Waals surface area contributed by atoms with Gasteiger partial charge in [-0.2, -0.15) is 0 Å². The molecule has 5 heteroatoms. The number of pyridine rings is 1. The summed E-state index contributed by atoms with van der Waals surface area (Å²) >= 11 is 1.74. The number of aryl methyl sites for hydroxylation is 1. The van der Waals surface area contributed by atoms with Gasteiger partial charge in [-0.1, -0.05) is 39.0 Å². The van der Waals surface area contributed by atoms with Crippen molar-refractivity contribution in [2.45, 2.75) is 50.3 Å². The van der Waals surface area contributed by atoms with Crippen LogP contribution >= 0.6 is 11.8 Å². The zero-order chi connectivity index (χ0) is 21.0. The van der Waals surface area contributed by atoms with Crippen molar-refractivity contribution in [2.24, 2.45) is 0 Å². The number of benzene rings is 1. The molecule has 0 aliphatic heterocycles. The quantitative estimate of drug-likeness (QED) is 0.480. The number of furan rings is 1. The van der Waals surface area contributed by atoms with Gasteiger partial charge in [-0.3, -0.25) is 9.78 Å². The fourth-order valence-electron chi connectivity index (χ4n) is 2.97. The first-order valence-electron chi connectivity index (χ1n) is 9.71. The second-order valence-corrected chi connectivity index (χ2v) is 9.32. The molecule has 0 atom stereocenters. The predicted molar refractivity (Wildman–Crippen MR) is 118 cm³/mol. The van der Waals surface area contributed by atoms with E-state index in [2.05, 4.69) is 50.9 Å². The zero-order valence-electron chi connectivity index (χ0n) is 17.7. The lowest BCUT2D eigenvalue weighted by atomic mass is 9.87. The third-order valence-corrected chi connectivity index (χ3v) is 5.97. The van der Waals surface area contributed by atoms with Gasteiger partial charge in [0.15, 0.2) is 5.76 Å². The van der Waals surface area contributed by atoms with Gasteiger partial charge in [0.2, 0.25) is 0 Å². The molecule has 0 fully saturated rings. The Balaban J connectivity index is 1.64. The molecule has 0 saturated carbocycles. The number of hydrogen-bond donors (Lipinski definition) is 0. The second-order valence-electron chi connectivity index (χ2n) is 8.31. The summed E-state index contributed by atoms with van der Waals surface area (Å²) in [6.07, 6.45) is 3.49. The summed E-state index contributed by atoms with van der Waals surface area (Å²) < 4.78 is 5.84. The lowest BCUT2D eigenvalue weighted by Gasteiger charge is -2.20. The lowest BCUT2D eigenvalue weighted by molar-refractivity contribution is 0.0752. The highest BCUT2D eigenvalue weighted by Gasteiger charge is 2.18. The molecule has 0 bridgehead atoms. The van der Waals surface area contributed by atoms with Gasteiger partial charge in [-0.15, -0.1) is 11.8 Å². The van der Waals surface area contributed by atoms with E-state index < -0.39 is 0 Å². The number of carbonyl (C=O) groups is 1. The smallest absolute Gasteiger partial charge is 0.289 e. The third-order valence-electron chi connectivity index (χ3n) is 4.79. The standard InChI is InChI=1S/C24H28N2O2S/c1-17-8-9-19(24(2,3)4)13-22(17)29-16-20-10-11-21(28-20)23(27)26(5)15-18-7-6-12-25-14-18/h6-14H,15-16H2,1-5H3. The summed E-state index contributed by atoms with van der Waals surface area (Å²) in [5.41, 5.74) is 3.67. The van der Waals surface area contributed by atoms with Crippen LogP contribution in [0.25, 0.3) is 0 Å². The average Bonchev–Trinajstić information content (AvgIpc) is 3.15. The Morgan fingerprint density at radius 2 is 1.97 bits per heavy atom. The Morgan fingerprint density at radius 1 is 1.17 bits per heavy atom. The van der Waals surface area contributed by atoms with E-state index in [0.717, 1.165) is 11.3 Å². The van der Waals surface area contributed by atoms with Crippen molar-refractivity contribution >= 4 is 17.7 Å². The average molecular weight is 409 g/mol. The number of thioether (sulfide) groups is 1.